The van der Waals surface area contributed by atoms with Crippen LogP contribution in [0.15, 0.2) is 173 Å². The number of H-pyrrole nitrogens is 1. The smallest absolute Gasteiger partial charge is 0.231 e. The van der Waals surface area contributed by atoms with E-state index in [1.54, 1.807) is 13.4 Å². The van der Waals surface area contributed by atoms with Crippen molar-refractivity contribution in [3.8, 4) is 23.0 Å². The predicted octanol–water partition coefficient (Wildman–Crippen LogP) is 21.2. The predicted molar refractivity (Wildman–Crippen MR) is 532 cm³/mol. The fourth-order valence-corrected chi connectivity index (χ4v) is 20.4. The number of anilines is 12. The van der Waals surface area contributed by atoms with Crippen molar-refractivity contribution >= 4 is 149 Å². The van der Waals surface area contributed by atoms with E-state index in [4.69, 9.17) is 43.9 Å². The minimum atomic E-state index is -2.56. The molecule has 3 atom stereocenters. The number of likely N-dealkylation sites (tertiary alicyclic amines) is 3. The molecule has 3 fully saturated rings. The lowest BCUT2D eigenvalue weighted by atomic mass is 9.86. The van der Waals surface area contributed by atoms with Crippen molar-refractivity contribution < 1.29 is 31.6 Å². The Morgan fingerprint density at radius 2 is 0.717 bits per heavy atom. The molecule has 0 spiro atoms. The Bertz CT molecular complexity index is 6250. The number of methoxy groups -OCH3 is 1. The molecule has 0 saturated carbocycles. The van der Waals surface area contributed by atoms with E-state index < -0.39 is 28.6 Å². The van der Waals surface area contributed by atoms with Crippen molar-refractivity contribution in [2.45, 2.75) is 209 Å². The molecule has 0 radical (unpaired) electrons. The average molecular weight is 1780 g/mol. The molecule has 3 unspecified atom stereocenters. The summed E-state index contributed by atoms with van der Waals surface area (Å²) in [5, 5.41) is 21.9. The highest BCUT2D eigenvalue weighted by Gasteiger charge is 2.30. The summed E-state index contributed by atoms with van der Waals surface area (Å²) in [6.07, 6.45) is 8.44. The van der Waals surface area contributed by atoms with Gasteiger partial charge in [0.15, 0.2) is 11.5 Å². The van der Waals surface area contributed by atoms with Crippen LogP contribution in [0.1, 0.15) is 173 Å². The molecule has 7 heterocycles. The zero-order valence-electron chi connectivity index (χ0n) is 77.4. The first kappa shape index (κ1) is 93.6. The third-order valence-electron chi connectivity index (χ3n) is 24.0. The van der Waals surface area contributed by atoms with Crippen molar-refractivity contribution in [3.63, 3.8) is 0 Å². The monoisotopic (exact) mass is 1780 g/mol. The van der Waals surface area contributed by atoms with E-state index in [1.807, 2.05) is 198 Å². The normalized spacial score (nSPS) is 16.1. The van der Waals surface area contributed by atoms with Crippen LogP contribution in [0.4, 0.5) is 69.4 Å². The van der Waals surface area contributed by atoms with Crippen molar-refractivity contribution in [2.75, 3.05) is 99.4 Å². The molecule has 674 valence electrons. The molecular formula is C100H129N17O7S3. The van der Waals surface area contributed by atoms with E-state index in [-0.39, 0.29) is 34.1 Å². The summed E-state index contributed by atoms with van der Waals surface area (Å²) in [5.74, 6) is 19.8. The van der Waals surface area contributed by atoms with Crippen molar-refractivity contribution in [3.05, 3.63) is 191 Å². The number of piperidine rings is 3. The number of aromatic nitrogens is 8. The summed E-state index contributed by atoms with van der Waals surface area (Å²) in [5.41, 5.74) is 14.9. The standard InChI is InChI=1S/C35H45N5O3S.C34H43N5O2S.C31H41N7O2S/c1-22(2)43-32-21-27(25-15-17-40(6)18-16-25)24(5)19-31(32)38-35-37-29-14-13-26(42-7)20-28(29)34(39-35)36-30-11-9-10-12-33(30)44(8,41)23(3)4;1-22(2)41-31-21-27(25-16-18-39(6)19-17-25)24(5)20-30(31)37-34-36-28-13-9-8-12-26(28)33(38-34)35-29-14-10-11-15-32(29)42(7,40)23(3)4;1-19(2)40-26-17-23(22-12-14-38(6)15-13-22)21(5)16-25(26)35-31-36-29-28(32-18-33-29)30(37-31)34-24-10-8-9-11-27(24)41(7,39)20(3)4/h9-14,19-23,25H,8,15-18H2,1-7H3,(H2,36,37,38,39);8-15,20-23,25H,7,16-19H2,1-6H3,(H2,35,36,37,38);8-11,16-20,22H,7,12-15H2,1-6H3,(H3,32,33,34,35,36,37). The molecule has 8 aromatic carbocycles. The number of para-hydroxylation sites is 4. The minimum Gasteiger partial charge on any atom is -0.497 e. The van der Waals surface area contributed by atoms with Crippen molar-refractivity contribution in [1.82, 2.24) is 54.6 Å². The van der Waals surface area contributed by atoms with Crippen LogP contribution in [0.2, 0.25) is 0 Å². The highest BCUT2D eigenvalue weighted by Crippen LogP contribution is 2.44. The zero-order chi connectivity index (χ0) is 90.9. The van der Waals surface area contributed by atoms with Crippen LogP contribution in [-0.4, -0.2) is 186 Å². The molecular weight excluding hydrogens is 1650 g/mol. The van der Waals surface area contributed by atoms with Gasteiger partial charge in [-0.2, -0.15) is 19.9 Å². The lowest BCUT2D eigenvalue weighted by Crippen LogP contribution is -2.29. The molecule has 15 rings (SSSR count). The second kappa shape index (κ2) is 40.5. The maximum atomic E-state index is 13.7. The first-order valence-corrected chi connectivity index (χ1v) is 49.7. The number of imidazole rings is 1. The topological polar surface area (TPSA) is 276 Å². The first-order valence-electron chi connectivity index (χ1n) is 44.3. The third kappa shape index (κ3) is 22.4. The number of benzene rings is 8. The van der Waals surface area contributed by atoms with Gasteiger partial charge in [0.05, 0.1) is 91.6 Å². The van der Waals surface area contributed by atoms with Gasteiger partial charge in [0.1, 0.15) is 40.2 Å². The SMILES string of the molecule is C=S(=O)(c1ccccc1Nc1nc(Nc2cc(C)c(C3CCN(C)CC3)cc2OC(C)C)nc2ccc(OC)cc12)C(C)C.C=S(=O)(c1ccccc1Nc1nc(Nc2cc(C)c(C3CCN(C)CC3)cc2OC(C)C)nc2ccccc12)C(C)C.C=S(=O)(c1ccccc1Nc1nc(Nc2cc(C)c(C3CCN(C)CC3)cc2OC(C)C)nc2nc[nH]c12)C(C)C. The molecule has 12 aromatic rings. The number of fused-ring (bicyclic) bond motifs is 3. The van der Waals surface area contributed by atoms with Gasteiger partial charge >= 0.3 is 0 Å². The molecule has 0 bridgehead atoms. The van der Waals surface area contributed by atoms with Gasteiger partial charge in [-0.15, -0.1) is 0 Å². The Morgan fingerprint density at radius 1 is 0.386 bits per heavy atom. The van der Waals surface area contributed by atoms with Crippen LogP contribution in [0.25, 0.3) is 33.0 Å². The summed E-state index contributed by atoms with van der Waals surface area (Å²) in [6.45, 7) is 36.9. The van der Waals surface area contributed by atoms with Crippen molar-refractivity contribution in [1.29, 1.82) is 0 Å². The van der Waals surface area contributed by atoms with E-state index in [9.17, 15) is 12.6 Å². The van der Waals surface area contributed by atoms with E-state index >= 15 is 0 Å². The van der Waals surface area contributed by atoms with Gasteiger partial charge in [-0.1, -0.05) is 90.1 Å². The number of ether oxygens (including phenoxy) is 4. The lowest BCUT2D eigenvalue weighted by molar-refractivity contribution is 0.240. The molecule has 0 aliphatic carbocycles. The summed E-state index contributed by atoms with van der Waals surface area (Å²) >= 11 is 0. The molecule has 24 nitrogen and oxygen atoms in total. The van der Waals surface area contributed by atoms with Gasteiger partial charge in [0.25, 0.3) is 0 Å². The molecule has 4 aromatic heterocycles. The molecule has 27 heteroatoms. The van der Waals surface area contributed by atoms with Gasteiger partial charge in [-0.05, 0) is 333 Å². The third-order valence-corrected chi connectivity index (χ3v) is 31.9. The highest BCUT2D eigenvalue weighted by atomic mass is 32.2. The molecule has 0 amide bonds. The van der Waals surface area contributed by atoms with Gasteiger partial charge in [-0.3, -0.25) is 12.6 Å². The largest absolute Gasteiger partial charge is 0.497 e. The van der Waals surface area contributed by atoms with Gasteiger partial charge in [0.2, 0.25) is 17.8 Å². The Labute approximate surface area is 752 Å². The number of nitrogens with one attached hydrogen (secondary N) is 7. The highest BCUT2D eigenvalue weighted by molar-refractivity contribution is 8.01. The summed E-state index contributed by atoms with van der Waals surface area (Å²) in [4.78, 5) is 45.8. The quantitative estimate of drug-likeness (QED) is 0.0224. The zero-order valence-corrected chi connectivity index (χ0v) is 79.8. The number of hydrogen-bond donors (Lipinski definition) is 7. The van der Waals surface area contributed by atoms with Crippen LogP contribution < -0.4 is 50.8 Å². The molecule has 3 saturated heterocycles. The molecule has 3 aliphatic rings. The Hall–Kier alpha value is -11.1. The lowest BCUT2D eigenvalue weighted by Gasteiger charge is -2.30. The maximum absolute atomic E-state index is 13.7. The summed E-state index contributed by atoms with van der Waals surface area (Å²) < 4.78 is 65.2. The van der Waals surface area contributed by atoms with E-state index in [1.165, 1.54) is 33.4 Å². The number of aryl methyl sites for hydroxylation is 3. The first-order chi connectivity index (χ1) is 60.5. The second-order valence-corrected chi connectivity index (χ2v) is 44.1. The van der Waals surface area contributed by atoms with Crippen LogP contribution in [-0.2, 0) is 28.6 Å². The second-order valence-electron chi connectivity index (χ2n) is 35.6. The fourth-order valence-electron chi connectivity index (χ4n) is 16.4. The van der Waals surface area contributed by atoms with E-state index in [0.29, 0.717) is 96.0 Å². The van der Waals surface area contributed by atoms with Gasteiger partial charge in [0, 0.05) is 55.1 Å². The Balaban J connectivity index is 0.000000163. The number of aromatic amines is 1. The average Bonchev–Trinajstić information content (AvgIpc) is 1.77. The number of hydrogen-bond acceptors (Lipinski definition) is 23. The van der Waals surface area contributed by atoms with E-state index in [2.05, 4.69) is 157 Å². The van der Waals surface area contributed by atoms with Crippen LogP contribution in [0, 0.1) is 20.8 Å². The van der Waals surface area contributed by atoms with Gasteiger partial charge < -0.3 is 70.5 Å². The fraction of sp³-hybridized carbons (Fsp3) is 0.400. The summed E-state index contributed by atoms with van der Waals surface area (Å²) in [6, 6.07) is 49.3. The van der Waals surface area contributed by atoms with Crippen molar-refractivity contribution in [2.24, 2.45) is 0 Å². The van der Waals surface area contributed by atoms with Gasteiger partial charge in [-0.25, -0.2) is 15.0 Å². The Morgan fingerprint density at radius 3 is 1.09 bits per heavy atom. The number of nitrogens with zero attached hydrogens (tertiary/aromatic N) is 10. The maximum Gasteiger partial charge on any atom is 0.231 e. The number of rotatable bonds is 28. The van der Waals surface area contributed by atoms with Crippen LogP contribution in [0.3, 0.4) is 0 Å². The van der Waals surface area contributed by atoms with E-state index in [0.717, 1.165) is 140 Å². The molecule has 3 aliphatic heterocycles. The molecule has 7 N–H and O–H groups in total. The Kier molecular flexibility index (Phi) is 29.8. The summed E-state index contributed by atoms with van der Waals surface area (Å²) in [7, 11) is 0.588. The van der Waals surface area contributed by atoms with Crippen LogP contribution >= 0.6 is 0 Å². The minimum absolute atomic E-state index is 0.000722. The molecule has 127 heavy (non-hydrogen) atoms. The van der Waals surface area contributed by atoms with Crippen LogP contribution in [0.5, 0.6) is 23.0 Å².